The first kappa shape index (κ1) is 21.4. The molecule has 2 N–H and O–H groups in total. The average Bonchev–Trinajstić information content (AvgIpc) is 2.77. The molecular weight excluding hydrogens is 398 g/mol. The summed E-state index contributed by atoms with van der Waals surface area (Å²) >= 11 is 0. The maximum absolute atomic E-state index is 12.4. The van der Waals surface area contributed by atoms with Crippen LogP contribution < -0.4 is 14.9 Å². The van der Waals surface area contributed by atoms with Crippen molar-refractivity contribution in [1.29, 1.82) is 0 Å². The molecule has 0 aromatic heterocycles. The van der Waals surface area contributed by atoms with Crippen LogP contribution in [0.15, 0.2) is 88.9 Å². The summed E-state index contributed by atoms with van der Waals surface area (Å²) in [5, 5.41) is 4.21. The summed E-state index contributed by atoms with van der Waals surface area (Å²) < 4.78 is 32.9. The van der Waals surface area contributed by atoms with Crippen LogP contribution in [0.5, 0.6) is 5.75 Å². The molecule has 0 radical (unpaired) electrons. The predicted molar refractivity (Wildman–Crippen MR) is 122 cm³/mol. The zero-order valence-corrected chi connectivity index (χ0v) is 17.6. The molecule has 0 aliphatic heterocycles. The van der Waals surface area contributed by atoms with E-state index in [9.17, 15) is 8.42 Å². The molecule has 3 aromatic carbocycles. The summed E-state index contributed by atoms with van der Waals surface area (Å²) in [5.41, 5.74) is 5.10. The molecule has 6 nitrogen and oxygen atoms in total. The van der Waals surface area contributed by atoms with Crippen molar-refractivity contribution in [3.05, 3.63) is 84.4 Å². The predicted octanol–water partition coefficient (Wildman–Crippen LogP) is 5.11. The van der Waals surface area contributed by atoms with Gasteiger partial charge in [-0.25, -0.2) is 8.42 Å². The number of nitrogens with zero attached hydrogens (tertiary/aromatic N) is 1. The van der Waals surface area contributed by atoms with Gasteiger partial charge < -0.3 is 4.74 Å². The van der Waals surface area contributed by atoms with Gasteiger partial charge in [-0.2, -0.15) is 5.10 Å². The van der Waals surface area contributed by atoms with Crippen LogP contribution in [-0.4, -0.2) is 21.2 Å². The Kier molecular flexibility index (Phi) is 7.45. The van der Waals surface area contributed by atoms with E-state index in [1.807, 2.05) is 24.3 Å². The fraction of sp³-hybridized carbons (Fsp3) is 0.174. The first-order valence-corrected chi connectivity index (χ1v) is 11.2. The quantitative estimate of drug-likeness (QED) is 0.270. The molecule has 0 spiro atoms. The van der Waals surface area contributed by atoms with Crippen LogP contribution >= 0.6 is 0 Å². The summed E-state index contributed by atoms with van der Waals surface area (Å²) in [6.45, 7) is 2.86. The van der Waals surface area contributed by atoms with Gasteiger partial charge in [0.15, 0.2) is 0 Å². The van der Waals surface area contributed by atoms with Gasteiger partial charge in [-0.3, -0.25) is 10.1 Å². The van der Waals surface area contributed by atoms with Crippen molar-refractivity contribution >= 4 is 27.6 Å². The highest BCUT2D eigenvalue weighted by atomic mass is 32.2. The number of rotatable bonds is 10. The SMILES string of the molecule is CCCCOc1ccc(/C=N/Nc2ccc(NS(=O)(=O)c3ccccc3)cc2)cc1. The molecular formula is C23H25N3O3S. The summed E-state index contributed by atoms with van der Waals surface area (Å²) in [7, 11) is -3.60. The lowest BCUT2D eigenvalue weighted by Gasteiger charge is -2.08. The minimum absolute atomic E-state index is 0.221. The molecule has 0 aliphatic carbocycles. The molecule has 0 atom stereocenters. The standard InChI is InChI=1S/C23H25N3O3S/c1-2-3-17-29-22-15-9-19(10-16-22)18-24-25-20-11-13-21(14-12-20)26-30(27,28)23-7-5-4-6-8-23/h4-16,18,25-26H,2-3,17H2,1H3/b24-18+. The van der Waals surface area contributed by atoms with E-state index in [4.69, 9.17) is 4.74 Å². The van der Waals surface area contributed by atoms with Crippen molar-refractivity contribution in [3.63, 3.8) is 0 Å². The number of hydrogen-bond acceptors (Lipinski definition) is 5. The number of anilines is 2. The van der Waals surface area contributed by atoms with E-state index < -0.39 is 10.0 Å². The second kappa shape index (κ2) is 10.5. The van der Waals surface area contributed by atoms with Crippen LogP contribution in [0.3, 0.4) is 0 Å². The average molecular weight is 424 g/mol. The largest absolute Gasteiger partial charge is 0.494 e. The highest BCUT2D eigenvalue weighted by Gasteiger charge is 2.13. The van der Waals surface area contributed by atoms with Gasteiger partial charge in [-0.1, -0.05) is 31.5 Å². The molecule has 0 heterocycles. The lowest BCUT2D eigenvalue weighted by molar-refractivity contribution is 0.309. The summed E-state index contributed by atoms with van der Waals surface area (Å²) in [6, 6.07) is 22.8. The van der Waals surface area contributed by atoms with Crippen molar-refractivity contribution in [2.45, 2.75) is 24.7 Å². The van der Waals surface area contributed by atoms with Crippen LogP contribution in [0.25, 0.3) is 0 Å². The molecule has 3 rings (SSSR count). The molecule has 0 saturated heterocycles. The number of nitrogens with one attached hydrogen (secondary N) is 2. The Morgan fingerprint density at radius 3 is 2.23 bits per heavy atom. The van der Waals surface area contributed by atoms with Gasteiger partial charge in [-0.05, 0) is 72.6 Å². The Morgan fingerprint density at radius 2 is 1.57 bits per heavy atom. The number of hydrogen-bond donors (Lipinski definition) is 2. The number of benzene rings is 3. The van der Waals surface area contributed by atoms with Gasteiger partial charge in [0.1, 0.15) is 5.75 Å². The molecule has 30 heavy (non-hydrogen) atoms. The van der Waals surface area contributed by atoms with Crippen molar-refractivity contribution in [2.24, 2.45) is 5.10 Å². The molecule has 0 fully saturated rings. The van der Waals surface area contributed by atoms with E-state index in [0.29, 0.717) is 5.69 Å². The summed E-state index contributed by atoms with van der Waals surface area (Å²) in [5.74, 6) is 0.849. The van der Waals surface area contributed by atoms with Gasteiger partial charge in [0.05, 0.1) is 23.4 Å². The minimum atomic E-state index is -3.60. The summed E-state index contributed by atoms with van der Waals surface area (Å²) in [4.78, 5) is 0.221. The fourth-order valence-corrected chi connectivity index (χ4v) is 3.67. The smallest absolute Gasteiger partial charge is 0.261 e. The van der Waals surface area contributed by atoms with Crippen molar-refractivity contribution in [3.8, 4) is 5.75 Å². The molecule has 156 valence electrons. The Balaban J connectivity index is 1.53. The third-order valence-corrected chi connectivity index (χ3v) is 5.64. The van der Waals surface area contributed by atoms with Crippen LogP contribution in [0.1, 0.15) is 25.3 Å². The van der Waals surface area contributed by atoms with Crippen LogP contribution in [-0.2, 0) is 10.0 Å². The van der Waals surface area contributed by atoms with Gasteiger partial charge in [0.25, 0.3) is 10.0 Å². The monoisotopic (exact) mass is 423 g/mol. The highest BCUT2D eigenvalue weighted by Crippen LogP contribution is 2.18. The molecule has 0 aliphatic rings. The van der Waals surface area contributed by atoms with Gasteiger partial charge in [0.2, 0.25) is 0 Å². The number of hydrazone groups is 1. The fourth-order valence-electron chi connectivity index (χ4n) is 2.59. The van der Waals surface area contributed by atoms with E-state index >= 15 is 0 Å². The van der Waals surface area contributed by atoms with E-state index in [-0.39, 0.29) is 4.90 Å². The maximum atomic E-state index is 12.4. The molecule has 0 bridgehead atoms. The second-order valence-corrected chi connectivity index (χ2v) is 8.32. The van der Waals surface area contributed by atoms with Crippen molar-refractivity contribution in [2.75, 3.05) is 16.8 Å². The van der Waals surface area contributed by atoms with E-state index in [0.717, 1.165) is 36.4 Å². The Morgan fingerprint density at radius 1 is 0.900 bits per heavy atom. The first-order valence-electron chi connectivity index (χ1n) is 9.77. The highest BCUT2D eigenvalue weighted by molar-refractivity contribution is 7.92. The van der Waals surface area contributed by atoms with Crippen LogP contribution in [0.2, 0.25) is 0 Å². The molecule has 0 saturated carbocycles. The van der Waals surface area contributed by atoms with Crippen molar-refractivity contribution in [1.82, 2.24) is 0 Å². The Bertz CT molecular complexity index is 1050. The van der Waals surface area contributed by atoms with Gasteiger partial charge in [0, 0.05) is 5.69 Å². The summed E-state index contributed by atoms with van der Waals surface area (Å²) in [6.07, 6.45) is 3.86. The topological polar surface area (TPSA) is 79.8 Å². The molecule has 0 unspecified atom stereocenters. The minimum Gasteiger partial charge on any atom is -0.494 e. The van der Waals surface area contributed by atoms with Crippen molar-refractivity contribution < 1.29 is 13.2 Å². The van der Waals surface area contributed by atoms with E-state index in [1.54, 1.807) is 60.8 Å². The number of sulfonamides is 1. The third-order valence-electron chi connectivity index (χ3n) is 4.24. The Labute approximate surface area is 177 Å². The zero-order valence-electron chi connectivity index (χ0n) is 16.8. The molecule has 7 heteroatoms. The number of unbranched alkanes of at least 4 members (excludes halogenated alkanes) is 1. The lowest BCUT2D eigenvalue weighted by Crippen LogP contribution is -2.12. The zero-order chi connectivity index (χ0) is 21.2. The van der Waals surface area contributed by atoms with Crippen LogP contribution in [0, 0.1) is 0 Å². The van der Waals surface area contributed by atoms with E-state index in [2.05, 4.69) is 22.2 Å². The Hall–Kier alpha value is -3.32. The van der Waals surface area contributed by atoms with Gasteiger partial charge in [-0.15, -0.1) is 0 Å². The normalized spacial score (nSPS) is 11.4. The first-order chi connectivity index (χ1) is 14.6. The molecule has 3 aromatic rings. The number of ether oxygens (including phenoxy) is 1. The second-order valence-electron chi connectivity index (χ2n) is 6.64. The molecule has 0 amide bonds. The maximum Gasteiger partial charge on any atom is 0.261 e. The van der Waals surface area contributed by atoms with Gasteiger partial charge >= 0.3 is 0 Å². The van der Waals surface area contributed by atoms with Crippen LogP contribution in [0.4, 0.5) is 11.4 Å². The van der Waals surface area contributed by atoms with E-state index in [1.165, 1.54) is 0 Å². The third kappa shape index (κ3) is 6.35. The lowest BCUT2D eigenvalue weighted by atomic mass is 10.2.